The fourth-order valence-corrected chi connectivity index (χ4v) is 2.07. The molecule has 0 radical (unpaired) electrons. The van der Waals surface area contributed by atoms with Crippen molar-refractivity contribution in [1.29, 1.82) is 0 Å². The molecule has 1 unspecified atom stereocenters. The maximum Gasteiger partial charge on any atom is 0.123 e. The predicted molar refractivity (Wildman–Crippen MR) is 65.6 cm³/mol. The van der Waals surface area contributed by atoms with Crippen molar-refractivity contribution in [1.82, 2.24) is 4.90 Å². The van der Waals surface area contributed by atoms with Gasteiger partial charge in [-0.15, -0.1) is 0 Å². The van der Waals surface area contributed by atoms with Crippen molar-refractivity contribution in [3.63, 3.8) is 0 Å². The van der Waals surface area contributed by atoms with Crippen LogP contribution in [0.5, 0.6) is 0 Å². The quantitative estimate of drug-likeness (QED) is 0.778. The molecule has 0 heterocycles. The Balaban J connectivity index is 2.75. The van der Waals surface area contributed by atoms with Gasteiger partial charge >= 0.3 is 0 Å². The standard InChI is InChI=1S/C13H21FN2/c1-4-16(5-2)13(3,15)10-11-6-8-12(14)9-7-11/h6-9H,4-5,10,15H2,1-3H3. The van der Waals surface area contributed by atoms with Crippen LogP contribution in [0.4, 0.5) is 4.39 Å². The van der Waals surface area contributed by atoms with Crippen LogP contribution in [0.25, 0.3) is 0 Å². The van der Waals surface area contributed by atoms with Crippen molar-refractivity contribution in [2.24, 2.45) is 5.73 Å². The zero-order chi connectivity index (χ0) is 12.2. The Morgan fingerprint density at radius 2 is 1.69 bits per heavy atom. The molecule has 0 saturated heterocycles. The minimum absolute atomic E-state index is 0.203. The molecule has 1 atom stereocenters. The van der Waals surface area contributed by atoms with E-state index in [0.29, 0.717) is 0 Å². The van der Waals surface area contributed by atoms with Gasteiger partial charge < -0.3 is 5.73 Å². The van der Waals surface area contributed by atoms with Crippen molar-refractivity contribution in [2.45, 2.75) is 32.9 Å². The lowest BCUT2D eigenvalue weighted by Crippen LogP contribution is -2.55. The van der Waals surface area contributed by atoms with Crippen LogP contribution < -0.4 is 5.73 Å². The molecule has 1 aromatic carbocycles. The molecule has 3 heteroatoms. The molecule has 0 aliphatic carbocycles. The summed E-state index contributed by atoms with van der Waals surface area (Å²) in [6, 6.07) is 6.55. The third kappa shape index (κ3) is 3.29. The SMILES string of the molecule is CCN(CC)C(C)(N)Cc1ccc(F)cc1. The van der Waals surface area contributed by atoms with E-state index in [1.807, 2.05) is 6.92 Å². The molecule has 0 spiro atoms. The number of hydrogen-bond donors (Lipinski definition) is 1. The maximum atomic E-state index is 12.8. The number of rotatable bonds is 5. The molecule has 0 aliphatic heterocycles. The second-order valence-electron chi connectivity index (χ2n) is 4.33. The molecule has 0 aliphatic rings. The average molecular weight is 224 g/mol. The largest absolute Gasteiger partial charge is 0.313 e. The van der Waals surface area contributed by atoms with E-state index in [4.69, 9.17) is 5.73 Å². The highest BCUT2D eigenvalue weighted by Crippen LogP contribution is 2.15. The Bertz CT molecular complexity index is 315. The molecule has 0 fully saturated rings. The highest BCUT2D eigenvalue weighted by atomic mass is 19.1. The molecule has 16 heavy (non-hydrogen) atoms. The van der Waals surface area contributed by atoms with Crippen LogP contribution in [-0.4, -0.2) is 23.7 Å². The first-order valence-corrected chi connectivity index (χ1v) is 5.78. The molecule has 2 N–H and O–H groups in total. The monoisotopic (exact) mass is 224 g/mol. The smallest absolute Gasteiger partial charge is 0.123 e. The summed E-state index contributed by atoms with van der Waals surface area (Å²) in [5, 5.41) is 0. The zero-order valence-electron chi connectivity index (χ0n) is 10.3. The zero-order valence-corrected chi connectivity index (χ0v) is 10.3. The van der Waals surface area contributed by atoms with E-state index in [1.165, 1.54) is 12.1 Å². The van der Waals surface area contributed by atoms with E-state index in [-0.39, 0.29) is 11.5 Å². The van der Waals surface area contributed by atoms with Crippen molar-refractivity contribution in [3.05, 3.63) is 35.6 Å². The van der Waals surface area contributed by atoms with Crippen LogP contribution in [0, 0.1) is 5.82 Å². The minimum atomic E-state index is -0.374. The van der Waals surface area contributed by atoms with E-state index < -0.39 is 0 Å². The van der Waals surface area contributed by atoms with Gasteiger partial charge in [0.25, 0.3) is 0 Å². The molecule has 1 aromatic rings. The summed E-state index contributed by atoms with van der Waals surface area (Å²) >= 11 is 0. The van der Waals surface area contributed by atoms with Gasteiger partial charge in [0.1, 0.15) is 5.82 Å². The molecule has 1 rings (SSSR count). The number of nitrogens with two attached hydrogens (primary N) is 1. The van der Waals surface area contributed by atoms with Crippen molar-refractivity contribution in [2.75, 3.05) is 13.1 Å². The second-order valence-corrected chi connectivity index (χ2v) is 4.33. The highest BCUT2D eigenvalue weighted by molar-refractivity contribution is 5.18. The van der Waals surface area contributed by atoms with Gasteiger partial charge in [0, 0.05) is 6.42 Å². The summed E-state index contributed by atoms with van der Waals surface area (Å²) in [5.74, 6) is -0.203. The third-order valence-electron chi connectivity index (χ3n) is 2.96. The summed E-state index contributed by atoms with van der Waals surface area (Å²) < 4.78 is 12.8. The fourth-order valence-electron chi connectivity index (χ4n) is 2.07. The van der Waals surface area contributed by atoms with Crippen LogP contribution in [0.1, 0.15) is 26.3 Å². The summed E-state index contributed by atoms with van der Waals surface area (Å²) in [6.45, 7) is 8.05. The first-order chi connectivity index (χ1) is 7.49. The molecule has 0 saturated carbocycles. The summed E-state index contributed by atoms with van der Waals surface area (Å²) in [7, 11) is 0. The molecule has 0 aromatic heterocycles. The number of hydrogen-bond acceptors (Lipinski definition) is 2. The molecule has 90 valence electrons. The predicted octanol–water partition coefficient (Wildman–Crippen LogP) is 2.38. The number of nitrogens with zero attached hydrogens (tertiary/aromatic N) is 1. The fraction of sp³-hybridized carbons (Fsp3) is 0.538. The normalized spacial score (nSPS) is 15.1. The van der Waals surface area contributed by atoms with Gasteiger partial charge in [-0.1, -0.05) is 26.0 Å². The Morgan fingerprint density at radius 1 is 1.19 bits per heavy atom. The van der Waals surface area contributed by atoms with Gasteiger partial charge in [-0.3, -0.25) is 4.90 Å². The number of likely N-dealkylation sites (N-methyl/N-ethyl adjacent to an activating group) is 1. The Kier molecular flexibility index (Phi) is 4.44. The number of benzene rings is 1. The molecule has 0 amide bonds. The van der Waals surface area contributed by atoms with Crippen molar-refractivity contribution in [3.8, 4) is 0 Å². The molecular weight excluding hydrogens is 203 g/mol. The van der Waals surface area contributed by atoms with E-state index in [1.54, 1.807) is 12.1 Å². The van der Waals surface area contributed by atoms with Gasteiger partial charge in [-0.2, -0.15) is 0 Å². The first-order valence-electron chi connectivity index (χ1n) is 5.78. The highest BCUT2D eigenvalue weighted by Gasteiger charge is 2.24. The minimum Gasteiger partial charge on any atom is -0.313 e. The summed E-state index contributed by atoms with van der Waals surface area (Å²) in [6.07, 6.45) is 0.731. The lowest BCUT2D eigenvalue weighted by molar-refractivity contribution is 0.123. The van der Waals surface area contributed by atoms with Gasteiger partial charge in [0.05, 0.1) is 5.66 Å². The van der Waals surface area contributed by atoms with Crippen LogP contribution in [0.15, 0.2) is 24.3 Å². The van der Waals surface area contributed by atoms with Crippen molar-refractivity contribution < 1.29 is 4.39 Å². The van der Waals surface area contributed by atoms with E-state index in [2.05, 4.69) is 18.7 Å². The summed E-state index contributed by atoms with van der Waals surface area (Å²) in [4.78, 5) is 2.20. The van der Waals surface area contributed by atoms with Crippen LogP contribution in [-0.2, 0) is 6.42 Å². The Morgan fingerprint density at radius 3 is 2.12 bits per heavy atom. The third-order valence-corrected chi connectivity index (χ3v) is 2.96. The molecular formula is C13H21FN2. The topological polar surface area (TPSA) is 29.3 Å². The maximum absolute atomic E-state index is 12.8. The summed E-state index contributed by atoms with van der Waals surface area (Å²) in [5.41, 5.74) is 6.98. The lowest BCUT2D eigenvalue weighted by atomic mass is 10.0. The van der Waals surface area contributed by atoms with Gasteiger partial charge in [0.15, 0.2) is 0 Å². The van der Waals surface area contributed by atoms with E-state index >= 15 is 0 Å². The van der Waals surface area contributed by atoms with Gasteiger partial charge in [0.2, 0.25) is 0 Å². The molecule has 2 nitrogen and oxygen atoms in total. The van der Waals surface area contributed by atoms with E-state index in [0.717, 1.165) is 25.1 Å². The Hall–Kier alpha value is -0.930. The van der Waals surface area contributed by atoms with Crippen LogP contribution >= 0.6 is 0 Å². The Labute approximate surface area is 97.3 Å². The van der Waals surface area contributed by atoms with Gasteiger partial charge in [-0.05, 0) is 37.7 Å². The average Bonchev–Trinajstić information content (AvgIpc) is 2.22. The molecule has 0 bridgehead atoms. The number of halogens is 1. The first kappa shape index (κ1) is 13.1. The van der Waals surface area contributed by atoms with Crippen LogP contribution in [0.3, 0.4) is 0 Å². The lowest BCUT2D eigenvalue weighted by Gasteiger charge is -2.37. The van der Waals surface area contributed by atoms with Gasteiger partial charge in [-0.25, -0.2) is 4.39 Å². The van der Waals surface area contributed by atoms with E-state index in [9.17, 15) is 4.39 Å². The second kappa shape index (κ2) is 5.41. The van der Waals surface area contributed by atoms with Crippen molar-refractivity contribution >= 4 is 0 Å². The van der Waals surface area contributed by atoms with Crippen LogP contribution in [0.2, 0.25) is 0 Å².